The zero-order chi connectivity index (χ0) is 52.6. The van der Waals surface area contributed by atoms with Crippen LogP contribution in [0.4, 0.5) is 22.7 Å². The molecular weight excluding hydrogens is 901 g/mol. The van der Waals surface area contributed by atoms with Crippen molar-refractivity contribution < 1.29 is 4.74 Å². The molecule has 0 saturated heterocycles. The van der Waals surface area contributed by atoms with Crippen LogP contribution in [0.25, 0.3) is 38.8 Å². The SMILES string of the molecule is CC(C)c1cccc(C(C)C)c1-c1cc(Oc2ccc3c4cc(C(C)(C)c5ccccc5)ccc4n(-c4cc(C(C)(C)C)ccn4)c3c2)cc(N2CN(c3cc(C(C)(C)C)cc(C(C)(C)C)c3)c3ccccc32)c1. The highest BCUT2D eigenvalue weighted by Crippen LogP contribution is 2.49. The van der Waals surface area contributed by atoms with E-state index in [1.807, 2.05) is 6.20 Å². The molecule has 2 aromatic heterocycles. The maximum atomic E-state index is 7.28. The zero-order valence-electron chi connectivity index (χ0n) is 46.6. The Labute approximate surface area is 441 Å². The van der Waals surface area contributed by atoms with Crippen molar-refractivity contribution in [1.82, 2.24) is 9.55 Å². The molecule has 0 aliphatic carbocycles. The van der Waals surface area contributed by atoms with Crippen LogP contribution in [-0.4, -0.2) is 16.2 Å². The number of aromatic nitrogens is 2. The fourth-order valence-electron chi connectivity index (χ4n) is 11.0. The number of rotatable bonds is 10. The number of hydrogen-bond donors (Lipinski definition) is 0. The molecule has 9 aromatic rings. The first-order valence-electron chi connectivity index (χ1n) is 26.8. The Morgan fingerprint density at radius 3 is 1.64 bits per heavy atom. The summed E-state index contributed by atoms with van der Waals surface area (Å²) in [6.45, 7) is 35.2. The molecule has 74 heavy (non-hydrogen) atoms. The van der Waals surface area contributed by atoms with Gasteiger partial charge in [-0.15, -0.1) is 0 Å². The van der Waals surface area contributed by atoms with Crippen LogP contribution < -0.4 is 14.5 Å². The van der Waals surface area contributed by atoms with Gasteiger partial charge in [-0.1, -0.05) is 177 Å². The van der Waals surface area contributed by atoms with E-state index in [0.29, 0.717) is 18.5 Å². The van der Waals surface area contributed by atoms with Crippen LogP contribution >= 0.6 is 0 Å². The van der Waals surface area contributed by atoms with Gasteiger partial charge in [-0.25, -0.2) is 4.98 Å². The van der Waals surface area contributed by atoms with Crippen LogP contribution in [0.2, 0.25) is 0 Å². The van der Waals surface area contributed by atoms with Crippen molar-refractivity contribution >= 4 is 44.6 Å². The molecule has 5 nitrogen and oxygen atoms in total. The van der Waals surface area contributed by atoms with Crippen LogP contribution in [0.5, 0.6) is 11.5 Å². The number of anilines is 4. The Hall–Kier alpha value is -7.11. The minimum atomic E-state index is -0.206. The summed E-state index contributed by atoms with van der Waals surface area (Å²) in [5.41, 5.74) is 18.1. The van der Waals surface area contributed by atoms with E-state index in [2.05, 4.69) is 276 Å². The third-order valence-corrected chi connectivity index (χ3v) is 15.6. The van der Waals surface area contributed by atoms with E-state index in [4.69, 9.17) is 9.72 Å². The minimum absolute atomic E-state index is 0.0139. The van der Waals surface area contributed by atoms with Crippen LogP contribution in [0, 0.1) is 0 Å². The lowest BCUT2D eigenvalue weighted by molar-refractivity contribution is 0.483. The van der Waals surface area contributed by atoms with E-state index in [0.717, 1.165) is 45.0 Å². The summed E-state index contributed by atoms with van der Waals surface area (Å²) in [6, 6.07) is 58.7. The lowest BCUT2D eigenvalue weighted by Gasteiger charge is -2.29. The second-order valence-corrected chi connectivity index (χ2v) is 25.1. The maximum Gasteiger partial charge on any atom is 0.137 e. The monoisotopic (exact) mass is 977 g/mol. The van der Waals surface area contributed by atoms with Crippen LogP contribution in [0.15, 0.2) is 164 Å². The summed E-state index contributed by atoms with van der Waals surface area (Å²) >= 11 is 0. The number of fused-ring (bicyclic) bond motifs is 4. The highest BCUT2D eigenvalue weighted by molar-refractivity contribution is 6.10. The van der Waals surface area contributed by atoms with Gasteiger partial charge in [-0.2, -0.15) is 0 Å². The predicted octanol–water partition coefficient (Wildman–Crippen LogP) is 19.4. The largest absolute Gasteiger partial charge is 0.457 e. The molecule has 0 saturated carbocycles. The topological polar surface area (TPSA) is 33.5 Å². The van der Waals surface area contributed by atoms with E-state index >= 15 is 0 Å². The Morgan fingerprint density at radius 2 is 1.04 bits per heavy atom. The molecule has 10 rings (SSSR count). The van der Waals surface area contributed by atoms with E-state index in [1.165, 1.54) is 67.0 Å². The normalized spacial score (nSPS) is 13.5. The number of nitrogens with zero attached hydrogens (tertiary/aromatic N) is 4. The average molecular weight is 977 g/mol. The molecule has 0 radical (unpaired) electrons. The molecule has 5 heteroatoms. The number of benzene rings is 7. The molecule has 0 unspecified atom stereocenters. The first kappa shape index (κ1) is 50.4. The fourth-order valence-corrected chi connectivity index (χ4v) is 11.0. The minimum Gasteiger partial charge on any atom is -0.457 e. The Balaban J connectivity index is 1.15. The smallest absolute Gasteiger partial charge is 0.137 e. The molecule has 0 bridgehead atoms. The van der Waals surface area contributed by atoms with Gasteiger partial charge in [-0.05, 0) is 151 Å². The maximum absolute atomic E-state index is 7.28. The Kier molecular flexibility index (Phi) is 12.7. The van der Waals surface area contributed by atoms with Crippen molar-refractivity contribution in [1.29, 1.82) is 0 Å². The van der Waals surface area contributed by atoms with Crippen LogP contribution in [0.3, 0.4) is 0 Å². The van der Waals surface area contributed by atoms with E-state index < -0.39 is 0 Å². The molecule has 1 aliphatic heterocycles. The van der Waals surface area contributed by atoms with E-state index in [-0.39, 0.29) is 21.7 Å². The van der Waals surface area contributed by atoms with Crippen molar-refractivity contribution in [3.05, 3.63) is 203 Å². The van der Waals surface area contributed by atoms with Gasteiger partial charge in [0.1, 0.15) is 24.0 Å². The van der Waals surface area contributed by atoms with Crippen LogP contribution in [0.1, 0.15) is 155 Å². The van der Waals surface area contributed by atoms with Crippen molar-refractivity contribution in [3.8, 4) is 28.4 Å². The average Bonchev–Trinajstić information content (AvgIpc) is 3.91. The zero-order valence-corrected chi connectivity index (χ0v) is 46.6. The molecule has 3 heterocycles. The van der Waals surface area contributed by atoms with Gasteiger partial charge in [0.25, 0.3) is 0 Å². The molecule has 1 aliphatic rings. The van der Waals surface area contributed by atoms with E-state index in [1.54, 1.807) is 0 Å². The lowest BCUT2D eigenvalue weighted by Crippen LogP contribution is -2.25. The number of ether oxygens (including phenoxy) is 1. The fraction of sp³-hybridized carbons (Fsp3) is 0.319. The standard InChI is InChI=1S/C69H76N4O/c1-44(2)56-24-21-25-57(45(3)4)65(56)46-34-52(71-43-72(62-27-20-19-26-61(62)71)53-37-50(67(8,9)10)36-51(38-53)68(11,12)13)41-55(35-46)74-54-29-30-58-59-39-49(69(14,15)47-22-17-16-18-23-47)28-31-60(59)73(63(58)42-54)64-40-48(32-33-70-64)66(5,6)7/h16-42,44-45H,43H2,1-15H3. The number of pyridine rings is 1. The van der Waals surface area contributed by atoms with Crippen molar-refractivity contribution in [2.24, 2.45) is 0 Å². The second-order valence-electron chi connectivity index (χ2n) is 25.1. The molecule has 0 amide bonds. The van der Waals surface area contributed by atoms with Gasteiger partial charge >= 0.3 is 0 Å². The summed E-state index contributed by atoms with van der Waals surface area (Å²) in [5.74, 6) is 3.08. The molecule has 0 spiro atoms. The third kappa shape index (κ3) is 9.40. The summed E-state index contributed by atoms with van der Waals surface area (Å²) in [4.78, 5) is 10.0. The van der Waals surface area contributed by atoms with Crippen molar-refractivity contribution in [2.45, 2.75) is 137 Å². The Morgan fingerprint density at radius 1 is 0.446 bits per heavy atom. The van der Waals surface area contributed by atoms with Gasteiger partial charge in [0.2, 0.25) is 0 Å². The number of para-hydroxylation sites is 2. The molecule has 0 fully saturated rings. The lowest BCUT2D eigenvalue weighted by atomic mass is 9.78. The summed E-state index contributed by atoms with van der Waals surface area (Å²) in [6.07, 6.45) is 1.96. The molecule has 378 valence electrons. The first-order valence-corrected chi connectivity index (χ1v) is 26.8. The molecule has 0 atom stereocenters. The molecule has 7 aromatic carbocycles. The van der Waals surface area contributed by atoms with Gasteiger partial charge in [-0.3, -0.25) is 4.57 Å². The predicted molar refractivity (Wildman–Crippen MR) is 315 cm³/mol. The highest BCUT2D eigenvalue weighted by atomic mass is 16.5. The quantitative estimate of drug-likeness (QED) is 0.137. The van der Waals surface area contributed by atoms with Crippen molar-refractivity contribution in [3.63, 3.8) is 0 Å². The third-order valence-electron chi connectivity index (χ3n) is 15.6. The number of hydrogen-bond acceptors (Lipinski definition) is 4. The summed E-state index contributed by atoms with van der Waals surface area (Å²) in [7, 11) is 0. The highest BCUT2D eigenvalue weighted by Gasteiger charge is 2.32. The van der Waals surface area contributed by atoms with Gasteiger partial charge in [0.15, 0.2) is 0 Å². The van der Waals surface area contributed by atoms with Gasteiger partial charge in [0, 0.05) is 45.9 Å². The van der Waals surface area contributed by atoms with Crippen LogP contribution in [-0.2, 0) is 21.7 Å². The molecular formula is C69H76N4O. The van der Waals surface area contributed by atoms with Gasteiger partial charge < -0.3 is 14.5 Å². The Bertz CT molecular complexity index is 3500. The summed E-state index contributed by atoms with van der Waals surface area (Å²) < 4.78 is 9.61. The van der Waals surface area contributed by atoms with Gasteiger partial charge in [0.05, 0.1) is 22.4 Å². The van der Waals surface area contributed by atoms with E-state index in [9.17, 15) is 0 Å². The molecule has 0 N–H and O–H groups in total. The summed E-state index contributed by atoms with van der Waals surface area (Å²) in [5, 5.41) is 2.34. The second kappa shape index (κ2) is 18.7. The van der Waals surface area contributed by atoms with Crippen molar-refractivity contribution in [2.75, 3.05) is 16.5 Å². The first-order chi connectivity index (χ1) is 35.0.